The molecule has 0 saturated carbocycles. The number of methoxy groups -OCH3 is 1. The van der Waals surface area contributed by atoms with Gasteiger partial charge >= 0.3 is 0 Å². The minimum atomic E-state index is -0.917. The molecule has 1 unspecified atom stereocenters. The molecule has 1 aromatic heterocycles. The van der Waals surface area contributed by atoms with E-state index in [9.17, 15) is 5.11 Å². The van der Waals surface area contributed by atoms with E-state index >= 15 is 0 Å². The molecule has 1 aromatic carbocycles. The van der Waals surface area contributed by atoms with Crippen LogP contribution < -0.4 is 5.32 Å². The molecule has 0 saturated heterocycles. The van der Waals surface area contributed by atoms with Crippen LogP contribution in [-0.4, -0.2) is 36.9 Å². The van der Waals surface area contributed by atoms with Gasteiger partial charge in [-0.1, -0.05) is 18.2 Å². The van der Waals surface area contributed by atoms with Crippen molar-refractivity contribution < 1.29 is 9.84 Å². The Balaban J connectivity index is 2.12. The second kappa shape index (κ2) is 6.10. The van der Waals surface area contributed by atoms with E-state index in [1.807, 2.05) is 30.3 Å². The van der Waals surface area contributed by atoms with E-state index in [-0.39, 0.29) is 0 Å². The summed E-state index contributed by atoms with van der Waals surface area (Å²) in [5.74, 6) is 0. The van der Waals surface area contributed by atoms with Crippen molar-refractivity contribution in [1.29, 1.82) is 0 Å². The van der Waals surface area contributed by atoms with Crippen molar-refractivity contribution in [3.05, 3.63) is 42.1 Å². The Morgan fingerprint density at radius 3 is 3.00 bits per heavy atom. The van der Waals surface area contributed by atoms with Gasteiger partial charge in [-0.25, -0.2) is 0 Å². The first-order chi connectivity index (χ1) is 9.13. The monoisotopic (exact) mass is 260 g/mol. The summed E-state index contributed by atoms with van der Waals surface area (Å²) in [6, 6.07) is 9.79. The zero-order valence-electron chi connectivity index (χ0n) is 11.4. The quantitative estimate of drug-likeness (QED) is 0.776. The van der Waals surface area contributed by atoms with Crippen molar-refractivity contribution in [2.75, 3.05) is 26.8 Å². The standard InChI is InChI=1S/C15H20N2O2/c1-15(18,11-16-8-9-19-2)13-6-5-12-4-3-7-17-14(12)10-13/h3-7,10,16,18H,8-9,11H2,1-2H3. The molecular weight excluding hydrogens is 240 g/mol. The van der Waals surface area contributed by atoms with Gasteiger partial charge in [0, 0.05) is 31.8 Å². The van der Waals surface area contributed by atoms with Crippen LogP contribution in [0.2, 0.25) is 0 Å². The summed E-state index contributed by atoms with van der Waals surface area (Å²) in [7, 11) is 1.66. The fourth-order valence-electron chi connectivity index (χ4n) is 2.01. The highest BCUT2D eigenvalue weighted by molar-refractivity contribution is 5.79. The maximum absolute atomic E-state index is 10.5. The maximum Gasteiger partial charge on any atom is 0.0993 e. The fraction of sp³-hybridized carbons (Fsp3) is 0.400. The van der Waals surface area contributed by atoms with Crippen molar-refractivity contribution in [3.63, 3.8) is 0 Å². The molecule has 1 heterocycles. The number of pyridine rings is 1. The molecule has 0 fully saturated rings. The van der Waals surface area contributed by atoms with E-state index in [1.165, 1.54) is 0 Å². The lowest BCUT2D eigenvalue weighted by atomic mass is 9.95. The molecule has 0 aliphatic rings. The average molecular weight is 260 g/mol. The average Bonchev–Trinajstić information content (AvgIpc) is 2.43. The van der Waals surface area contributed by atoms with Crippen molar-refractivity contribution in [2.45, 2.75) is 12.5 Å². The maximum atomic E-state index is 10.5. The summed E-state index contributed by atoms with van der Waals surface area (Å²) < 4.78 is 4.97. The minimum Gasteiger partial charge on any atom is -0.384 e. The minimum absolute atomic E-state index is 0.481. The molecule has 0 bridgehead atoms. The molecule has 4 nitrogen and oxygen atoms in total. The molecular formula is C15H20N2O2. The van der Waals surface area contributed by atoms with Crippen molar-refractivity contribution >= 4 is 10.9 Å². The Hall–Kier alpha value is -1.49. The molecule has 2 rings (SSSR count). The van der Waals surface area contributed by atoms with Gasteiger partial charge in [-0.2, -0.15) is 0 Å². The first-order valence-corrected chi connectivity index (χ1v) is 6.41. The van der Waals surface area contributed by atoms with Gasteiger partial charge in [-0.3, -0.25) is 4.98 Å². The van der Waals surface area contributed by atoms with Gasteiger partial charge in [0.15, 0.2) is 0 Å². The third-order valence-electron chi connectivity index (χ3n) is 3.18. The van der Waals surface area contributed by atoms with Gasteiger partial charge in [-0.05, 0) is 24.6 Å². The second-order valence-corrected chi connectivity index (χ2v) is 4.85. The van der Waals surface area contributed by atoms with Crippen LogP contribution in [0.5, 0.6) is 0 Å². The first kappa shape index (κ1) is 13.9. The third-order valence-corrected chi connectivity index (χ3v) is 3.18. The molecule has 19 heavy (non-hydrogen) atoms. The van der Waals surface area contributed by atoms with E-state index in [4.69, 9.17) is 4.74 Å². The number of nitrogens with one attached hydrogen (secondary N) is 1. The van der Waals surface area contributed by atoms with E-state index in [1.54, 1.807) is 20.2 Å². The lowest BCUT2D eigenvalue weighted by Gasteiger charge is -2.24. The van der Waals surface area contributed by atoms with Crippen molar-refractivity contribution in [2.24, 2.45) is 0 Å². The Morgan fingerprint density at radius 2 is 2.21 bits per heavy atom. The predicted octanol–water partition coefficient (Wildman–Crippen LogP) is 1.68. The van der Waals surface area contributed by atoms with Crippen LogP contribution in [0.15, 0.2) is 36.5 Å². The number of ether oxygens (including phenoxy) is 1. The van der Waals surface area contributed by atoms with E-state index in [0.29, 0.717) is 13.2 Å². The Morgan fingerprint density at radius 1 is 1.37 bits per heavy atom. The first-order valence-electron chi connectivity index (χ1n) is 6.41. The number of aromatic nitrogens is 1. The van der Waals surface area contributed by atoms with Crippen LogP contribution in [0.1, 0.15) is 12.5 Å². The normalized spacial score (nSPS) is 14.5. The number of benzene rings is 1. The highest BCUT2D eigenvalue weighted by atomic mass is 16.5. The molecule has 0 amide bonds. The van der Waals surface area contributed by atoms with Crippen LogP contribution in [0.25, 0.3) is 10.9 Å². The summed E-state index contributed by atoms with van der Waals surface area (Å²) >= 11 is 0. The number of rotatable bonds is 6. The summed E-state index contributed by atoms with van der Waals surface area (Å²) in [6.07, 6.45) is 1.76. The Kier molecular flexibility index (Phi) is 4.47. The van der Waals surface area contributed by atoms with Gasteiger partial charge in [0.2, 0.25) is 0 Å². The second-order valence-electron chi connectivity index (χ2n) is 4.85. The Labute approximate surface area is 113 Å². The topological polar surface area (TPSA) is 54.4 Å². The molecule has 2 aromatic rings. The summed E-state index contributed by atoms with van der Waals surface area (Å²) in [5, 5.41) is 14.8. The summed E-state index contributed by atoms with van der Waals surface area (Å²) in [6.45, 7) is 3.64. The van der Waals surface area contributed by atoms with Crippen LogP contribution in [0, 0.1) is 0 Å². The zero-order chi connectivity index (χ0) is 13.7. The molecule has 4 heteroatoms. The SMILES string of the molecule is COCCNCC(C)(O)c1ccc2cccnc2c1. The van der Waals surface area contributed by atoms with Gasteiger partial charge in [0.25, 0.3) is 0 Å². The summed E-state index contributed by atoms with van der Waals surface area (Å²) in [5.41, 5.74) is 0.847. The lowest BCUT2D eigenvalue weighted by molar-refractivity contribution is 0.0551. The molecule has 1 atom stereocenters. The number of fused-ring (bicyclic) bond motifs is 1. The van der Waals surface area contributed by atoms with Crippen LogP contribution >= 0.6 is 0 Å². The van der Waals surface area contributed by atoms with E-state index in [2.05, 4.69) is 10.3 Å². The van der Waals surface area contributed by atoms with Crippen LogP contribution in [-0.2, 0) is 10.3 Å². The Bertz CT molecular complexity index is 540. The number of hydrogen-bond donors (Lipinski definition) is 2. The van der Waals surface area contributed by atoms with Crippen molar-refractivity contribution in [3.8, 4) is 0 Å². The molecule has 102 valence electrons. The fourth-order valence-corrected chi connectivity index (χ4v) is 2.01. The highest BCUT2D eigenvalue weighted by Gasteiger charge is 2.22. The van der Waals surface area contributed by atoms with Crippen LogP contribution in [0.4, 0.5) is 0 Å². The number of aliphatic hydroxyl groups is 1. The van der Waals surface area contributed by atoms with Gasteiger partial charge in [0.05, 0.1) is 17.7 Å². The molecule has 0 spiro atoms. The highest BCUT2D eigenvalue weighted by Crippen LogP contribution is 2.23. The predicted molar refractivity (Wildman–Crippen MR) is 76.1 cm³/mol. The molecule has 2 N–H and O–H groups in total. The molecule has 0 aliphatic carbocycles. The zero-order valence-corrected chi connectivity index (χ0v) is 11.4. The van der Waals surface area contributed by atoms with Gasteiger partial charge in [0.1, 0.15) is 0 Å². The summed E-state index contributed by atoms with van der Waals surface area (Å²) in [4.78, 5) is 4.31. The van der Waals surface area contributed by atoms with E-state index < -0.39 is 5.60 Å². The third kappa shape index (κ3) is 3.50. The molecule has 0 radical (unpaired) electrons. The van der Waals surface area contributed by atoms with Gasteiger partial charge < -0.3 is 15.2 Å². The largest absolute Gasteiger partial charge is 0.384 e. The number of nitrogens with zero attached hydrogens (tertiary/aromatic N) is 1. The van der Waals surface area contributed by atoms with Crippen LogP contribution in [0.3, 0.4) is 0 Å². The lowest BCUT2D eigenvalue weighted by Crippen LogP contribution is -2.36. The number of hydrogen-bond acceptors (Lipinski definition) is 4. The molecule has 0 aliphatic heterocycles. The van der Waals surface area contributed by atoms with E-state index in [0.717, 1.165) is 23.0 Å². The smallest absolute Gasteiger partial charge is 0.0993 e. The van der Waals surface area contributed by atoms with Gasteiger partial charge in [-0.15, -0.1) is 0 Å². The van der Waals surface area contributed by atoms with Crippen molar-refractivity contribution in [1.82, 2.24) is 10.3 Å².